The molecule has 4 nitrogen and oxygen atoms in total. The molecule has 0 amide bonds. The Balaban J connectivity index is 2.05. The SMILES string of the molecule is CNS(=O)(=O)[C@H]1CCN(Cc2cc(Cl)ccc2F)C1. The zero-order chi connectivity index (χ0) is 14.0. The maximum atomic E-state index is 13.6. The molecular formula is C12H16ClFN2O2S. The van der Waals surface area contributed by atoms with E-state index in [1.807, 2.05) is 4.90 Å². The summed E-state index contributed by atoms with van der Waals surface area (Å²) < 4.78 is 39.3. The van der Waals surface area contributed by atoms with Gasteiger partial charge in [0.25, 0.3) is 0 Å². The molecule has 0 aliphatic carbocycles. The Bertz CT molecular complexity index is 565. The molecule has 0 radical (unpaired) electrons. The Hall–Kier alpha value is -0.690. The van der Waals surface area contributed by atoms with Crippen LogP contribution in [0.25, 0.3) is 0 Å². The van der Waals surface area contributed by atoms with Crippen molar-refractivity contribution in [3.63, 3.8) is 0 Å². The number of hydrogen-bond donors (Lipinski definition) is 1. The fourth-order valence-electron chi connectivity index (χ4n) is 2.27. The van der Waals surface area contributed by atoms with Gasteiger partial charge in [-0.25, -0.2) is 17.5 Å². The first-order valence-corrected chi connectivity index (χ1v) is 7.93. The van der Waals surface area contributed by atoms with Crippen molar-refractivity contribution in [2.75, 3.05) is 20.1 Å². The van der Waals surface area contributed by atoms with Gasteiger partial charge in [-0.2, -0.15) is 0 Å². The van der Waals surface area contributed by atoms with Crippen molar-refractivity contribution in [1.29, 1.82) is 0 Å². The monoisotopic (exact) mass is 306 g/mol. The van der Waals surface area contributed by atoms with Crippen LogP contribution in [0, 0.1) is 5.82 Å². The second kappa shape index (κ2) is 5.75. The Labute approximate surface area is 117 Å². The van der Waals surface area contributed by atoms with Crippen LogP contribution >= 0.6 is 11.6 Å². The third-order valence-corrected chi connectivity index (χ3v) is 5.42. The predicted octanol–water partition coefficient (Wildman–Crippen LogP) is 1.60. The Morgan fingerprint density at radius 3 is 2.95 bits per heavy atom. The van der Waals surface area contributed by atoms with Gasteiger partial charge in [-0.1, -0.05) is 11.6 Å². The van der Waals surface area contributed by atoms with Gasteiger partial charge in [-0.05, 0) is 38.2 Å². The van der Waals surface area contributed by atoms with Gasteiger partial charge in [0.2, 0.25) is 10.0 Å². The number of sulfonamides is 1. The number of rotatable bonds is 4. The van der Waals surface area contributed by atoms with Gasteiger partial charge in [0.05, 0.1) is 5.25 Å². The van der Waals surface area contributed by atoms with Gasteiger partial charge in [-0.3, -0.25) is 4.90 Å². The molecule has 0 aromatic heterocycles. The van der Waals surface area contributed by atoms with E-state index in [4.69, 9.17) is 11.6 Å². The molecule has 1 aliphatic rings. The third-order valence-electron chi connectivity index (χ3n) is 3.35. The highest BCUT2D eigenvalue weighted by Gasteiger charge is 2.32. The quantitative estimate of drug-likeness (QED) is 0.919. The molecule has 1 fully saturated rings. The van der Waals surface area contributed by atoms with Gasteiger partial charge in [-0.15, -0.1) is 0 Å². The smallest absolute Gasteiger partial charge is 0.215 e. The maximum Gasteiger partial charge on any atom is 0.215 e. The van der Waals surface area contributed by atoms with Crippen molar-refractivity contribution in [2.45, 2.75) is 18.2 Å². The molecule has 1 atom stereocenters. The lowest BCUT2D eigenvalue weighted by molar-refractivity contribution is 0.325. The van der Waals surface area contributed by atoms with E-state index < -0.39 is 15.3 Å². The molecule has 0 saturated carbocycles. The highest BCUT2D eigenvalue weighted by atomic mass is 35.5. The second-order valence-electron chi connectivity index (χ2n) is 4.63. The summed E-state index contributed by atoms with van der Waals surface area (Å²) in [4.78, 5) is 1.92. The van der Waals surface area contributed by atoms with Crippen molar-refractivity contribution in [1.82, 2.24) is 9.62 Å². The van der Waals surface area contributed by atoms with E-state index in [-0.39, 0.29) is 5.82 Å². The van der Waals surface area contributed by atoms with E-state index in [9.17, 15) is 12.8 Å². The van der Waals surface area contributed by atoms with Crippen molar-refractivity contribution >= 4 is 21.6 Å². The van der Waals surface area contributed by atoms with E-state index in [0.717, 1.165) is 0 Å². The summed E-state index contributed by atoms with van der Waals surface area (Å²) in [6, 6.07) is 4.41. The lowest BCUT2D eigenvalue weighted by Crippen LogP contribution is -2.34. The Kier molecular flexibility index (Phi) is 4.45. The van der Waals surface area contributed by atoms with Crippen LogP contribution in [0.5, 0.6) is 0 Å². The minimum Gasteiger partial charge on any atom is -0.298 e. The summed E-state index contributed by atoms with van der Waals surface area (Å²) in [5, 5.41) is 0.0507. The van der Waals surface area contributed by atoms with Gasteiger partial charge in [0.1, 0.15) is 5.82 Å². The van der Waals surface area contributed by atoms with E-state index in [1.165, 1.54) is 19.2 Å². The lowest BCUT2D eigenvalue weighted by Gasteiger charge is -2.16. The van der Waals surface area contributed by atoms with E-state index >= 15 is 0 Å². The average Bonchev–Trinajstić information content (AvgIpc) is 2.83. The van der Waals surface area contributed by atoms with Gasteiger partial charge in [0, 0.05) is 23.7 Å². The molecule has 106 valence electrons. The minimum absolute atomic E-state index is 0.315. The number of nitrogens with zero attached hydrogens (tertiary/aromatic N) is 1. The van der Waals surface area contributed by atoms with Crippen molar-refractivity contribution in [3.8, 4) is 0 Å². The molecule has 19 heavy (non-hydrogen) atoms. The number of benzene rings is 1. The summed E-state index contributed by atoms with van der Waals surface area (Å²) in [6.45, 7) is 1.43. The summed E-state index contributed by atoms with van der Waals surface area (Å²) in [5.41, 5.74) is 0.495. The lowest BCUT2D eigenvalue weighted by atomic mass is 10.2. The molecule has 7 heteroatoms. The summed E-state index contributed by atoms with van der Waals surface area (Å²) in [7, 11) is -1.84. The highest BCUT2D eigenvalue weighted by molar-refractivity contribution is 7.90. The Morgan fingerprint density at radius 2 is 2.26 bits per heavy atom. The van der Waals surface area contributed by atoms with E-state index in [0.29, 0.717) is 36.6 Å². The number of hydrogen-bond acceptors (Lipinski definition) is 3. The molecule has 1 aromatic rings. The molecular weight excluding hydrogens is 291 g/mol. The summed E-state index contributed by atoms with van der Waals surface area (Å²) >= 11 is 5.83. The van der Waals surface area contributed by atoms with Crippen molar-refractivity contribution in [2.24, 2.45) is 0 Å². The molecule has 1 N–H and O–H groups in total. The molecule has 1 saturated heterocycles. The zero-order valence-electron chi connectivity index (χ0n) is 10.6. The molecule has 0 unspecified atom stereocenters. The number of halogens is 2. The summed E-state index contributed by atoms with van der Waals surface area (Å²) in [5.74, 6) is -0.315. The topological polar surface area (TPSA) is 49.4 Å². The van der Waals surface area contributed by atoms with Crippen LogP contribution in [0.3, 0.4) is 0 Å². The van der Waals surface area contributed by atoms with Crippen molar-refractivity contribution < 1.29 is 12.8 Å². The normalized spacial score (nSPS) is 20.9. The first-order chi connectivity index (χ1) is 8.92. The molecule has 1 heterocycles. The molecule has 0 bridgehead atoms. The van der Waals surface area contributed by atoms with Crippen LogP contribution in [0.15, 0.2) is 18.2 Å². The van der Waals surface area contributed by atoms with Crippen LogP contribution in [0.2, 0.25) is 5.02 Å². The highest BCUT2D eigenvalue weighted by Crippen LogP contribution is 2.21. The molecule has 0 spiro atoms. The van der Waals surface area contributed by atoms with Crippen LogP contribution in [0.1, 0.15) is 12.0 Å². The number of likely N-dealkylation sites (tertiary alicyclic amines) is 1. The van der Waals surface area contributed by atoms with E-state index in [1.54, 1.807) is 6.07 Å². The van der Waals surface area contributed by atoms with Gasteiger partial charge >= 0.3 is 0 Å². The average molecular weight is 307 g/mol. The second-order valence-corrected chi connectivity index (χ2v) is 7.23. The molecule has 2 rings (SSSR count). The largest absolute Gasteiger partial charge is 0.298 e. The first-order valence-electron chi connectivity index (χ1n) is 6.01. The van der Waals surface area contributed by atoms with Crippen LogP contribution in [-0.2, 0) is 16.6 Å². The van der Waals surface area contributed by atoms with Gasteiger partial charge < -0.3 is 0 Å². The minimum atomic E-state index is -3.25. The summed E-state index contributed by atoms with van der Waals surface area (Å²) in [6.07, 6.45) is 0.561. The van der Waals surface area contributed by atoms with E-state index in [2.05, 4.69) is 4.72 Å². The van der Waals surface area contributed by atoms with Crippen molar-refractivity contribution in [3.05, 3.63) is 34.6 Å². The third kappa shape index (κ3) is 3.45. The van der Waals surface area contributed by atoms with Gasteiger partial charge in [0.15, 0.2) is 0 Å². The fourth-order valence-corrected chi connectivity index (χ4v) is 3.62. The standard InChI is InChI=1S/C12H16ClFN2O2S/c1-15-19(17,18)11-4-5-16(8-11)7-9-6-10(13)2-3-12(9)14/h2-3,6,11,15H,4-5,7-8H2,1H3/t11-/m0/s1. The number of nitrogens with one attached hydrogen (secondary N) is 1. The fraction of sp³-hybridized carbons (Fsp3) is 0.500. The maximum absolute atomic E-state index is 13.6. The Morgan fingerprint density at radius 1 is 1.53 bits per heavy atom. The van der Waals surface area contributed by atoms with Crippen LogP contribution in [0.4, 0.5) is 4.39 Å². The first kappa shape index (κ1) is 14.7. The van der Waals surface area contributed by atoms with Crippen LogP contribution < -0.4 is 4.72 Å². The molecule has 1 aromatic carbocycles. The van der Waals surface area contributed by atoms with Crippen LogP contribution in [-0.4, -0.2) is 38.7 Å². The predicted molar refractivity (Wildman–Crippen MR) is 73.1 cm³/mol. The zero-order valence-corrected chi connectivity index (χ0v) is 12.1. The molecule has 1 aliphatic heterocycles.